The number of benzene rings is 1. The minimum atomic E-state index is 0.280. The van der Waals surface area contributed by atoms with Crippen molar-refractivity contribution in [1.82, 2.24) is 14.9 Å². The van der Waals surface area contributed by atoms with Crippen LogP contribution in [-0.2, 0) is 0 Å². The molecule has 29 heavy (non-hydrogen) atoms. The smallest absolute Gasteiger partial charge is 0.139 e. The number of hydrogen-bond acceptors (Lipinski definition) is 5. The van der Waals surface area contributed by atoms with E-state index < -0.39 is 0 Å². The Hall–Kier alpha value is -2.11. The van der Waals surface area contributed by atoms with Gasteiger partial charge >= 0.3 is 0 Å². The maximum absolute atomic E-state index is 6.32. The molecule has 0 saturated heterocycles. The van der Waals surface area contributed by atoms with Gasteiger partial charge in [-0.15, -0.1) is 0 Å². The highest BCUT2D eigenvalue weighted by Crippen LogP contribution is 2.35. The Bertz CT molecular complexity index is 809. The van der Waals surface area contributed by atoms with Gasteiger partial charge in [-0.25, -0.2) is 9.97 Å². The molecule has 2 aromatic rings. The van der Waals surface area contributed by atoms with E-state index in [1.54, 1.807) is 0 Å². The lowest BCUT2D eigenvalue weighted by Crippen LogP contribution is -2.26. The highest BCUT2D eigenvalue weighted by molar-refractivity contribution is 6.30. The van der Waals surface area contributed by atoms with Gasteiger partial charge in [0.1, 0.15) is 18.0 Å². The fourth-order valence-electron chi connectivity index (χ4n) is 3.52. The molecule has 1 heterocycles. The molecular weight excluding hydrogens is 382 g/mol. The summed E-state index contributed by atoms with van der Waals surface area (Å²) in [5.41, 5.74) is 10.4. The van der Waals surface area contributed by atoms with Gasteiger partial charge in [-0.1, -0.05) is 43.2 Å². The Morgan fingerprint density at radius 1 is 1.14 bits per heavy atom. The summed E-state index contributed by atoms with van der Waals surface area (Å²) in [4.78, 5) is 11.2. The maximum Gasteiger partial charge on any atom is 0.139 e. The number of nitrogens with one attached hydrogen (secondary N) is 1. The second-order valence-electron chi connectivity index (χ2n) is 7.58. The number of aromatic nitrogens is 2. The standard InChI is InChI=1S/C23H34ClN5/c1-6-29(7-2)14-8-9-17(5)28-23-21(22(25)26-15-27-23)20(16(3)4)18-10-12-19(24)13-11-18/h10-13,15,17H,6-9,14H2,1-5H3,(H3,25,26,27,28). The molecule has 0 saturated carbocycles. The Morgan fingerprint density at radius 3 is 2.38 bits per heavy atom. The highest BCUT2D eigenvalue weighted by atomic mass is 35.5. The van der Waals surface area contributed by atoms with E-state index in [0.717, 1.165) is 60.6 Å². The zero-order valence-corrected chi connectivity index (χ0v) is 19.1. The first-order valence-electron chi connectivity index (χ1n) is 10.4. The zero-order valence-electron chi connectivity index (χ0n) is 18.3. The average Bonchev–Trinajstić information content (AvgIpc) is 2.69. The topological polar surface area (TPSA) is 67.1 Å². The quantitative estimate of drug-likeness (QED) is 0.538. The van der Waals surface area contributed by atoms with Crippen molar-refractivity contribution in [3.8, 4) is 0 Å². The van der Waals surface area contributed by atoms with Crippen molar-refractivity contribution in [3.05, 3.63) is 52.3 Å². The van der Waals surface area contributed by atoms with E-state index in [1.807, 2.05) is 24.3 Å². The lowest BCUT2D eigenvalue weighted by molar-refractivity contribution is 0.295. The largest absolute Gasteiger partial charge is 0.383 e. The molecule has 6 heteroatoms. The van der Waals surface area contributed by atoms with Crippen molar-refractivity contribution in [2.75, 3.05) is 30.7 Å². The van der Waals surface area contributed by atoms with Crippen molar-refractivity contribution >= 4 is 28.8 Å². The van der Waals surface area contributed by atoms with Gasteiger partial charge in [0.15, 0.2) is 0 Å². The minimum Gasteiger partial charge on any atom is -0.383 e. The normalized spacial score (nSPS) is 12.1. The molecule has 1 unspecified atom stereocenters. The highest BCUT2D eigenvalue weighted by Gasteiger charge is 2.18. The SMILES string of the molecule is CCN(CC)CCCC(C)Nc1ncnc(N)c1C(=C(C)C)c1ccc(Cl)cc1. The number of anilines is 2. The Morgan fingerprint density at radius 2 is 1.79 bits per heavy atom. The predicted octanol–water partition coefficient (Wildman–Crippen LogP) is 5.48. The first-order valence-corrected chi connectivity index (χ1v) is 10.8. The number of nitrogens with zero attached hydrogens (tertiary/aromatic N) is 3. The van der Waals surface area contributed by atoms with E-state index in [1.165, 1.54) is 6.33 Å². The number of rotatable bonds is 10. The van der Waals surface area contributed by atoms with Crippen LogP contribution in [0.1, 0.15) is 58.6 Å². The summed E-state index contributed by atoms with van der Waals surface area (Å²) in [7, 11) is 0. The molecule has 0 spiro atoms. The van der Waals surface area contributed by atoms with Gasteiger partial charge in [0.05, 0.1) is 5.56 Å². The van der Waals surface area contributed by atoms with Crippen LogP contribution in [0.15, 0.2) is 36.2 Å². The maximum atomic E-state index is 6.32. The molecule has 0 fully saturated rings. The lowest BCUT2D eigenvalue weighted by atomic mass is 9.94. The molecular formula is C23H34ClN5. The average molecular weight is 416 g/mol. The van der Waals surface area contributed by atoms with Crippen LogP contribution >= 0.6 is 11.6 Å². The van der Waals surface area contributed by atoms with E-state index in [2.05, 4.69) is 54.8 Å². The Balaban J connectivity index is 2.26. The van der Waals surface area contributed by atoms with Crippen LogP contribution in [0.2, 0.25) is 5.02 Å². The second-order valence-corrected chi connectivity index (χ2v) is 8.02. The third-order valence-corrected chi connectivity index (χ3v) is 5.40. The Labute approximate surface area is 180 Å². The molecule has 0 aliphatic carbocycles. The van der Waals surface area contributed by atoms with Crippen LogP contribution in [0.25, 0.3) is 5.57 Å². The molecule has 0 radical (unpaired) electrons. The van der Waals surface area contributed by atoms with Crippen LogP contribution < -0.4 is 11.1 Å². The van der Waals surface area contributed by atoms with E-state index in [9.17, 15) is 0 Å². The molecule has 3 N–H and O–H groups in total. The first kappa shape index (κ1) is 23.2. The number of halogens is 1. The van der Waals surface area contributed by atoms with Crippen LogP contribution in [0.5, 0.6) is 0 Å². The summed E-state index contributed by atoms with van der Waals surface area (Å²) in [6.07, 6.45) is 3.72. The van der Waals surface area contributed by atoms with Gasteiger partial charge in [0, 0.05) is 11.1 Å². The summed E-state index contributed by atoms with van der Waals surface area (Å²) in [5, 5.41) is 4.28. The van der Waals surface area contributed by atoms with Gasteiger partial charge in [-0.3, -0.25) is 0 Å². The molecule has 5 nitrogen and oxygen atoms in total. The summed E-state index contributed by atoms with van der Waals surface area (Å²) in [6, 6.07) is 8.08. The molecule has 158 valence electrons. The first-order chi connectivity index (χ1) is 13.9. The van der Waals surface area contributed by atoms with Crippen LogP contribution in [0.3, 0.4) is 0 Å². The van der Waals surface area contributed by atoms with Gasteiger partial charge in [-0.05, 0) is 76.5 Å². The molecule has 1 aromatic heterocycles. The van der Waals surface area contributed by atoms with E-state index >= 15 is 0 Å². The summed E-state index contributed by atoms with van der Waals surface area (Å²) in [5.74, 6) is 1.25. The van der Waals surface area contributed by atoms with Gasteiger partial charge in [0.2, 0.25) is 0 Å². The summed E-state index contributed by atoms with van der Waals surface area (Å²) in [6.45, 7) is 14.1. The van der Waals surface area contributed by atoms with Crippen LogP contribution in [0, 0.1) is 0 Å². The van der Waals surface area contributed by atoms with Gasteiger partial charge in [-0.2, -0.15) is 0 Å². The van der Waals surface area contributed by atoms with Crippen LogP contribution in [-0.4, -0.2) is 40.5 Å². The van der Waals surface area contributed by atoms with Gasteiger partial charge < -0.3 is 16.0 Å². The molecule has 0 aliphatic rings. The Kier molecular flexibility index (Phi) is 8.93. The minimum absolute atomic E-state index is 0.280. The molecule has 0 aliphatic heterocycles. The molecule has 0 amide bonds. The third-order valence-electron chi connectivity index (χ3n) is 5.15. The number of allylic oxidation sites excluding steroid dienone is 1. The fourth-order valence-corrected chi connectivity index (χ4v) is 3.65. The van der Waals surface area contributed by atoms with Crippen molar-refractivity contribution < 1.29 is 0 Å². The number of nitrogen functional groups attached to an aromatic ring is 1. The molecule has 2 rings (SSSR count). The van der Waals surface area contributed by atoms with Gasteiger partial charge in [0.25, 0.3) is 0 Å². The second kappa shape index (κ2) is 11.2. The van der Waals surface area contributed by atoms with E-state index in [0.29, 0.717) is 10.8 Å². The van der Waals surface area contributed by atoms with E-state index in [-0.39, 0.29) is 6.04 Å². The van der Waals surface area contributed by atoms with E-state index in [4.69, 9.17) is 17.3 Å². The monoisotopic (exact) mass is 415 g/mol. The fraction of sp³-hybridized carbons (Fsp3) is 0.478. The number of nitrogens with two attached hydrogens (primary N) is 1. The zero-order chi connectivity index (χ0) is 21.4. The molecule has 1 atom stereocenters. The molecule has 0 bridgehead atoms. The summed E-state index contributed by atoms with van der Waals surface area (Å²) < 4.78 is 0. The summed E-state index contributed by atoms with van der Waals surface area (Å²) >= 11 is 6.08. The van der Waals surface area contributed by atoms with Crippen molar-refractivity contribution in [2.45, 2.75) is 53.5 Å². The number of hydrogen-bond donors (Lipinski definition) is 2. The van der Waals surface area contributed by atoms with Crippen LogP contribution in [0.4, 0.5) is 11.6 Å². The van der Waals surface area contributed by atoms with Crippen molar-refractivity contribution in [3.63, 3.8) is 0 Å². The lowest BCUT2D eigenvalue weighted by Gasteiger charge is -2.22. The molecule has 1 aromatic carbocycles. The predicted molar refractivity (Wildman–Crippen MR) is 125 cm³/mol. The van der Waals surface area contributed by atoms with Crippen molar-refractivity contribution in [1.29, 1.82) is 0 Å². The van der Waals surface area contributed by atoms with Crippen molar-refractivity contribution in [2.24, 2.45) is 0 Å². The third kappa shape index (κ3) is 6.44.